The molecule has 8 nitrogen and oxygen atoms in total. The van der Waals surface area contributed by atoms with Crippen molar-refractivity contribution in [3.63, 3.8) is 0 Å². The van der Waals surface area contributed by atoms with Crippen molar-refractivity contribution in [2.24, 2.45) is 11.5 Å². The molecule has 0 aromatic rings. The van der Waals surface area contributed by atoms with E-state index in [1.54, 1.807) is 0 Å². The molecule has 0 aliphatic carbocycles. The van der Waals surface area contributed by atoms with E-state index in [9.17, 15) is 0 Å². The monoisotopic (exact) mass is 314 g/mol. The van der Waals surface area contributed by atoms with Crippen LogP contribution in [-0.2, 0) is 26.9 Å². The molecule has 6 N–H and O–H groups in total. The molecule has 0 radical (unpaired) electrons. The summed E-state index contributed by atoms with van der Waals surface area (Å²) in [5, 5.41) is 6.43. The van der Waals surface area contributed by atoms with Gasteiger partial charge < -0.3 is 31.2 Å². The Hall–Kier alpha value is 0.204. The molecule has 0 amide bonds. The van der Waals surface area contributed by atoms with E-state index in [-0.39, 0.29) is 16.5 Å². The maximum absolute atomic E-state index is 8.52. The predicted molar refractivity (Wildman–Crippen MR) is 58.9 cm³/mol. The van der Waals surface area contributed by atoms with Crippen molar-refractivity contribution in [3.05, 3.63) is 0 Å². The van der Waals surface area contributed by atoms with Crippen LogP contribution in [0.25, 0.3) is 0 Å². The first-order valence-electron chi connectivity index (χ1n) is 4.90. The van der Waals surface area contributed by atoms with Gasteiger partial charge in [-0.1, -0.05) is 0 Å². The van der Waals surface area contributed by atoms with Crippen LogP contribution in [0.3, 0.4) is 0 Å². The normalized spacial score (nSPS) is 10.1. The van der Waals surface area contributed by atoms with Gasteiger partial charge in [0, 0.05) is 36.6 Å². The third kappa shape index (κ3) is 48.6. The Labute approximate surface area is 112 Å². The molecule has 0 unspecified atom stereocenters. The zero-order valence-corrected chi connectivity index (χ0v) is 11.3. The van der Waals surface area contributed by atoms with Gasteiger partial charge in [0.15, 0.2) is 0 Å². The third-order valence-corrected chi connectivity index (χ3v) is 1.35. The fourth-order valence-electron chi connectivity index (χ4n) is 0.793. The minimum absolute atomic E-state index is 0. The van der Waals surface area contributed by atoms with E-state index in [0.29, 0.717) is 0 Å². The molecule has 108 valence electrons. The first kappa shape index (κ1) is 22.4. The van der Waals surface area contributed by atoms with Crippen molar-refractivity contribution < 1.29 is 34.0 Å². The standard InChI is InChI=1S/C7H20N4.Ni.H2O4S/c8-2-6-10-4-1-5-11-7-3-9;;1-5(2,3)4/h10-11H,1-9H2;;(H2,1,2,3,4)/q;+2;/p-2. The number of hydrogen-bond donors (Lipinski definition) is 4. The van der Waals surface area contributed by atoms with Gasteiger partial charge in [-0.15, -0.1) is 0 Å². The molecule has 0 rings (SSSR count). The zero-order chi connectivity index (χ0) is 12.9. The molecule has 0 atom stereocenters. The van der Waals surface area contributed by atoms with Crippen molar-refractivity contribution in [1.82, 2.24) is 10.6 Å². The molecule has 0 aromatic carbocycles. The van der Waals surface area contributed by atoms with Crippen LogP contribution in [0.15, 0.2) is 0 Å². The molecule has 0 fully saturated rings. The van der Waals surface area contributed by atoms with Crippen molar-refractivity contribution >= 4 is 10.4 Å². The summed E-state index contributed by atoms with van der Waals surface area (Å²) in [6.07, 6.45) is 1.14. The third-order valence-electron chi connectivity index (χ3n) is 1.35. The van der Waals surface area contributed by atoms with Crippen LogP contribution in [0, 0.1) is 0 Å². The molecule has 0 aliphatic heterocycles. The van der Waals surface area contributed by atoms with Gasteiger partial charge in [-0.2, -0.15) is 0 Å². The van der Waals surface area contributed by atoms with Gasteiger partial charge in [-0.05, 0) is 19.5 Å². The van der Waals surface area contributed by atoms with Gasteiger partial charge in [0.2, 0.25) is 0 Å². The quantitative estimate of drug-likeness (QED) is 0.161. The maximum atomic E-state index is 8.52. The number of hydrogen-bond acceptors (Lipinski definition) is 8. The number of nitrogens with one attached hydrogen (secondary N) is 2. The second-order valence-corrected chi connectivity index (χ2v) is 3.66. The molecule has 0 heterocycles. The molecule has 10 heteroatoms. The Balaban J connectivity index is -0.000000280. The second kappa shape index (κ2) is 16.2. The van der Waals surface area contributed by atoms with Crippen LogP contribution in [-0.4, -0.2) is 56.8 Å². The van der Waals surface area contributed by atoms with Gasteiger partial charge >= 0.3 is 16.5 Å². The second-order valence-electron chi connectivity index (χ2n) is 2.84. The van der Waals surface area contributed by atoms with Crippen LogP contribution >= 0.6 is 0 Å². The molecular formula is C7H20N4NiO4S. The molecule has 0 aromatic heterocycles. The first-order chi connectivity index (χ1) is 7.41. The Morgan fingerprint density at radius 2 is 1.18 bits per heavy atom. The van der Waals surface area contributed by atoms with Crippen LogP contribution in [0.5, 0.6) is 0 Å². The van der Waals surface area contributed by atoms with Crippen molar-refractivity contribution in [2.75, 3.05) is 39.3 Å². The smallest absolute Gasteiger partial charge is 0.759 e. The van der Waals surface area contributed by atoms with Gasteiger partial charge in [0.05, 0.1) is 0 Å². The summed E-state index contributed by atoms with van der Waals surface area (Å²) < 4.78 is 34.1. The summed E-state index contributed by atoms with van der Waals surface area (Å²) in [7, 11) is -5.17. The number of nitrogens with two attached hydrogens (primary N) is 2. The fraction of sp³-hybridized carbons (Fsp3) is 1.00. The van der Waals surface area contributed by atoms with Crippen molar-refractivity contribution in [1.29, 1.82) is 0 Å². The minimum atomic E-state index is -5.17. The SMILES string of the molecule is NCCNCCCNCCN.O=S(=O)([O-])[O-].[Ni+2]. The topological polar surface area (TPSA) is 156 Å². The maximum Gasteiger partial charge on any atom is 2.00 e. The summed E-state index contributed by atoms with van der Waals surface area (Å²) in [6, 6.07) is 0. The van der Waals surface area contributed by atoms with Crippen LogP contribution in [0.4, 0.5) is 0 Å². The Kier molecular flexibility index (Phi) is 21.3. The first-order valence-corrected chi connectivity index (χ1v) is 6.23. The molecule has 0 bridgehead atoms. The summed E-state index contributed by atoms with van der Waals surface area (Å²) in [5.41, 5.74) is 10.6. The van der Waals surface area contributed by atoms with E-state index in [2.05, 4.69) is 10.6 Å². The molecular weight excluding hydrogens is 295 g/mol. The van der Waals surface area contributed by atoms with E-state index in [1.165, 1.54) is 0 Å². The summed E-state index contributed by atoms with van der Waals surface area (Å²) in [4.78, 5) is 0. The average molecular weight is 315 g/mol. The minimum Gasteiger partial charge on any atom is -0.759 e. The van der Waals surface area contributed by atoms with E-state index in [1.807, 2.05) is 0 Å². The average Bonchev–Trinajstić information content (AvgIpc) is 2.14. The molecule has 17 heavy (non-hydrogen) atoms. The van der Waals surface area contributed by atoms with Gasteiger partial charge in [0.25, 0.3) is 0 Å². The van der Waals surface area contributed by atoms with E-state index in [0.717, 1.165) is 45.7 Å². The molecule has 0 saturated carbocycles. The van der Waals surface area contributed by atoms with Crippen LogP contribution < -0.4 is 22.1 Å². The van der Waals surface area contributed by atoms with E-state index < -0.39 is 10.4 Å². The Morgan fingerprint density at radius 1 is 0.882 bits per heavy atom. The molecule has 0 saturated heterocycles. The van der Waals surface area contributed by atoms with E-state index >= 15 is 0 Å². The van der Waals surface area contributed by atoms with Crippen molar-refractivity contribution in [3.8, 4) is 0 Å². The Morgan fingerprint density at radius 3 is 1.41 bits per heavy atom. The van der Waals surface area contributed by atoms with Crippen molar-refractivity contribution in [2.45, 2.75) is 6.42 Å². The summed E-state index contributed by atoms with van der Waals surface area (Å²) in [5.74, 6) is 0. The number of rotatable bonds is 8. The van der Waals surface area contributed by atoms with Crippen LogP contribution in [0.2, 0.25) is 0 Å². The van der Waals surface area contributed by atoms with Gasteiger partial charge in [0.1, 0.15) is 0 Å². The zero-order valence-electron chi connectivity index (χ0n) is 9.46. The van der Waals surface area contributed by atoms with Gasteiger partial charge in [-0.3, -0.25) is 8.42 Å². The fourth-order valence-corrected chi connectivity index (χ4v) is 0.793. The van der Waals surface area contributed by atoms with Crippen LogP contribution in [0.1, 0.15) is 6.42 Å². The predicted octanol–water partition coefficient (Wildman–Crippen LogP) is -2.87. The molecule has 0 aliphatic rings. The Bertz CT molecular complexity index is 212. The molecule has 0 spiro atoms. The van der Waals surface area contributed by atoms with E-state index in [4.69, 9.17) is 29.0 Å². The van der Waals surface area contributed by atoms with Gasteiger partial charge in [-0.25, -0.2) is 0 Å². The summed E-state index contributed by atoms with van der Waals surface area (Å²) in [6.45, 7) is 5.34. The largest absolute Gasteiger partial charge is 2.00 e. The summed E-state index contributed by atoms with van der Waals surface area (Å²) >= 11 is 0.